The van der Waals surface area contributed by atoms with Gasteiger partial charge >= 0.3 is 0 Å². The molecular formula is C14H9BrFN5O2. The van der Waals surface area contributed by atoms with Crippen LogP contribution in [0.2, 0.25) is 0 Å². The lowest BCUT2D eigenvalue weighted by Gasteiger charge is -2.05. The second-order valence-corrected chi connectivity index (χ2v) is 5.39. The first-order valence-corrected chi connectivity index (χ1v) is 7.20. The fraction of sp³-hybridized carbons (Fsp3) is 0. The summed E-state index contributed by atoms with van der Waals surface area (Å²) in [4.78, 5) is 14.1. The van der Waals surface area contributed by atoms with E-state index in [9.17, 15) is 14.5 Å². The number of rotatable bonds is 4. The van der Waals surface area contributed by atoms with Crippen molar-refractivity contribution in [1.29, 1.82) is 0 Å². The Morgan fingerprint density at radius 1 is 1.30 bits per heavy atom. The first-order chi connectivity index (χ1) is 11.0. The lowest BCUT2D eigenvalue weighted by molar-refractivity contribution is -0.385. The number of nitrogens with zero attached hydrogens (tertiary/aromatic N) is 4. The molecule has 0 amide bonds. The van der Waals surface area contributed by atoms with E-state index in [1.165, 1.54) is 23.0 Å². The summed E-state index contributed by atoms with van der Waals surface area (Å²) in [7, 11) is 0. The zero-order valence-electron chi connectivity index (χ0n) is 11.5. The van der Waals surface area contributed by atoms with Crippen molar-refractivity contribution in [3.05, 3.63) is 69.3 Å². The summed E-state index contributed by atoms with van der Waals surface area (Å²) >= 11 is 3.22. The highest BCUT2D eigenvalue weighted by Crippen LogP contribution is 2.27. The second-order valence-electron chi connectivity index (χ2n) is 4.53. The van der Waals surface area contributed by atoms with Crippen molar-refractivity contribution in [2.45, 2.75) is 0 Å². The lowest BCUT2D eigenvalue weighted by Crippen LogP contribution is -1.98. The summed E-state index contributed by atoms with van der Waals surface area (Å²) in [5.74, 6) is 0.000440. The second kappa shape index (κ2) is 6.13. The molecule has 23 heavy (non-hydrogen) atoms. The Labute approximate surface area is 138 Å². The smallest absolute Gasteiger partial charge is 0.288 e. The summed E-state index contributed by atoms with van der Waals surface area (Å²) in [6.07, 6.45) is 4.24. The minimum atomic E-state index is -0.530. The van der Waals surface area contributed by atoms with Crippen LogP contribution in [0, 0.1) is 15.9 Å². The molecular weight excluding hydrogens is 369 g/mol. The van der Waals surface area contributed by atoms with Gasteiger partial charge in [-0.3, -0.25) is 10.1 Å². The van der Waals surface area contributed by atoms with Crippen molar-refractivity contribution in [2.75, 3.05) is 5.32 Å². The van der Waals surface area contributed by atoms with E-state index in [0.717, 1.165) is 6.20 Å². The number of benzene rings is 1. The van der Waals surface area contributed by atoms with E-state index in [-0.39, 0.29) is 5.69 Å². The first-order valence-electron chi connectivity index (χ1n) is 6.41. The van der Waals surface area contributed by atoms with E-state index < -0.39 is 10.7 Å². The monoisotopic (exact) mass is 377 g/mol. The largest absolute Gasteiger partial charge is 0.337 e. The molecule has 0 atom stereocenters. The van der Waals surface area contributed by atoms with E-state index in [2.05, 4.69) is 31.3 Å². The van der Waals surface area contributed by atoms with Gasteiger partial charge in [0, 0.05) is 6.07 Å². The Morgan fingerprint density at radius 2 is 2.09 bits per heavy atom. The molecule has 0 radical (unpaired) electrons. The molecule has 0 saturated carbocycles. The number of nitro groups is 1. The Morgan fingerprint density at radius 3 is 2.78 bits per heavy atom. The fourth-order valence-corrected chi connectivity index (χ4v) is 2.35. The topological polar surface area (TPSA) is 85.9 Å². The van der Waals surface area contributed by atoms with E-state index in [0.29, 0.717) is 21.7 Å². The van der Waals surface area contributed by atoms with Crippen LogP contribution in [0.4, 0.5) is 21.6 Å². The number of halogens is 2. The van der Waals surface area contributed by atoms with Gasteiger partial charge in [-0.1, -0.05) is 12.1 Å². The Hall–Kier alpha value is -2.81. The van der Waals surface area contributed by atoms with E-state index in [4.69, 9.17) is 0 Å². The average Bonchev–Trinajstić information content (AvgIpc) is 2.98. The highest BCUT2D eigenvalue weighted by Gasteiger charge is 2.12. The molecule has 3 aromatic rings. The van der Waals surface area contributed by atoms with Gasteiger partial charge in [-0.15, -0.1) is 0 Å². The molecule has 9 heteroatoms. The molecule has 0 spiro atoms. The van der Waals surface area contributed by atoms with Crippen LogP contribution in [0.5, 0.6) is 0 Å². The number of pyridine rings is 1. The van der Waals surface area contributed by atoms with Crippen molar-refractivity contribution < 1.29 is 9.31 Å². The van der Waals surface area contributed by atoms with E-state index >= 15 is 0 Å². The van der Waals surface area contributed by atoms with Crippen molar-refractivity contribution >= 4 is 33.1 Å². The molecule has 0 aliphatic rings. The van der Waals surface area contributed by atoms with Crippen molar-refractivity contribution in [1.82, 2.24) is 14.8 Å². The maximum absolute atomic E-state index is 13.7. The molecule has 7 nitrogen and oxygen atoms in total. The number of para-hydroxylation sites is 1. The van der Waals surface area contributed by atoms with Crippen LogP contribution >= 0.6 is 15.9 Å². The van der Waals surface area contributed by atoms with Gasteiger partial charge in [-0.2, -0.15) is 5.10 Å². The van der Waals surface area contributed by atoms with Crippen LogP contribution < -0.4 is 5.32 Å². The molecule has 2 aromatic heterocycles. The highest BCUT2D eigenvalue weighted by molar-refractivity contribution is 9.10. The average molecular weight is 378 g/mol. The first kappa shape index (κ1) is 15.1. The molecule has 116 valence electrons. The zero-order valence-corrected chi connectivity index (χ0v) is 13.1. The fourth-order valence-electron chi connectivity index (χ4n) is 1.91. The summed E-state index contributed by atoms with van der Waals surface area (Å²) in [6, 6.07) is 7.60. The van der Waals surface area contributed by atoms with Crippen molar-refractivity contribution in [3.8, 4) is 5.69 Å². The van der Waals surface area contributed by atoms with Gasteiger partial charge in [0.05, 0.1) is 27.5 Å². The Kier molecular flexibility index (Phi) is 4.02. The SMILES string of the molecule is O=[N+]([O-])c1cnc(Nc2cnn(-c3ccccc3F)c2)c(Br)c1. The molecule has 2 heterocycles. The molecule has 0 saturated heterocycles. The van der Waals surface area contributed by atoms with Gasteiger partial charge < -0.3 is 5.32 Å². The number of aromatic nitrogens is 3. The maximum Gasteiger partial charge on any atom is 0.288 e. The van der Waals surface area contributed by atoms with Crippen LogP contribution in [-0.4, -0.2) is 19.7 Å². The van der Waals surface area contributed by atoms with E-state index in [1.807, 2.05) is 0 Å². The lowest BCUT2D eigenvalue weighted by atomic mass is 10.3. The Balaban J connectivity index is 1.85. The predicted molar refractivity (Wildman–Crippen MR) is 85.4 cm³/mol. The van der Waals surface area contributed by atoms with Gasteiger partial charge in [0.15, 0.2) is 0 Å². The summed E-state index contributed by atoms with van der Waals surface area (Å²) in [5.41, 5.74) is 0.760. The highest BCUT2D eigenvalue weighted by atomic mass is 79.9. The normalized spacial score (nSPS) is 10.5. The van der Waals surface area contributed by atoms with Gasteiger partial charge in [0.2, 0.25) is 0 Å². The van der Waals surface area contributed by atoms with Crippen LogP contribution in [0.25, 0.3) is 5.69 Å². The van der Waals surface area contributed by atoms with E-state index in [1.54, 1.807) is 24.4 Å². The zero-order chi connectivity index (χ0) is 16.4. The number of anilines is 2. The van der Waals surface area contributed by atoms with Gasteiger partial charge in [-0.05, 0) is 28.1 Å². The summed E-state index contributed by atoms with van der Waals surface area (Å²) < 4.78 is 15.6. The van der Waals surface area contributed by atoms with Gasteiger partial charge in [-0.25, -0.2) is 14.1 Å². The quantitative estimate of drug-likeness (QED) is 0.551. The van der Waals surface area contributed by atoms with Crippen molar-refractivity contribution in [2.24, 2.45) is 0 Å². The third-order valence-electron chi connectivity index (χ3n) is 2.98. The maximum atomic E-state index is 13.7. The molecule has 0 aliphatic heterocycles. The third-order valence-corrected chi connectivity index (χ3v) is 3.59. The van der Waals surface area contributed by atoms with Gasteiger partial charge in [0.1, 0.15) is 23.5 Å². The van der Waals surface area contributed by atoms with Gasteiger partial charge in [0.25, 0.3) is 5.69 Å². The minimum absolute atomic E-state index is 0.121. The molecule has 1 aromatic carbocycles. The van der Waals surface area contributed by atoms with Crippen LogP contribution in [0.1, 0.15) is 0 Å². The number of hydrogen-bond donors (Lipinski definition) is 1. The molecule has 0 bridgehead atoms. The molecule has 0 fully saturated rings. The minimum Gasteiger partial charge on any atom is -0.337 e. The number of hydrogen-bond acceptors (Lipinski definition) is 5. The van der Waals surface area contributed by atoms with Crippen LogP contribution in [0.15, 0.2) is 53.4 Å². The third kappa shape index (κ3) is 3.19. The molecule has 3 rings (SSSR count). The molecule has 1 N–H and O–H groups in total. The standard InChI is InChI=1S/C14H9BrFN5O2/c15-11-5-10(21(22)23)7-17-14(11)19-9-6-18-20(8-9)13-4-2-1-3-12(13)16/h1-8H,(H,17,19). The molecule has 0 aliphatic carbocycles. The molecule has 0 unspecified atom stereocenters. The Bertz CT molecular complexity index is 883. The predicted octanol–water partition coefficient (Wildman–Crippen LogP) is 3.82. The number of nitrogens with one attached hydrogen (secondary N) is 1. The summed E-state index contributed by atoms with van der Waals surface area (Å²) in [5, 5.41) is 17.7. The van der Waals surface area contributed by atoms with Crippen LogP contribution in [-0.2, 0) is 0 Å². The van der Waals surface area contributed by atoms with Crippen LogP contribution in [0.3, 0.4) is 0 Å². The summed E-state index contributed by atoms with van der Waals surface area (Å²) in [6.45, 7) is 0. The van der Waals surface area contributed by atoms with Crippen molar-refractivity contribution in [3.63, 3.8) is 0 Å².